The number of nitrogens with zero attached hydrogens (tertiary/aromatic N) is 2. The second kappa shape index (κ2) is 7.74. The third-order valence-corrected chi connectivity index (χ3v) is 4.59. The first-order chi connectivity index (χ1) is 11.6. The quantitative estimate of drug-likeness (QED) is 0.815. The molecule has 25 heavy (non-hydrogen) atoms. The molecule has 0 heterocycles. The number of carbonyl (C=O) groups excluding carboxylic acids is 1. The van der Waals surface area contributed by atoms with Gasteiger partial charge in [0.2, 0.25) is 5.91 Å². The van der Waals surface area contributed by atoms with Gasteiger partial charge in [-0.1, -0.05) is 12.1 Å². The van der Waals surface area contributed by atoms with Gasteiger partial charge in [-0.3, -0.25) is 4.79 Å². The van der Waals surface area contributed by atoms with Crippen LogP contribution in [0.5, 0.6) is 0 Å². The number of rotatable bonds is 7. The van der Waals surface area contributed by atoms with E-state index in [0.717, 1.165) is 18.6 Å². The molecule has 1 fully saturated rings. The Morgan fingerprint density at radius 3 is 2.20 bits per heavy atom. The number of amides is 1. The lowest BCUT2D eigenvalue weighted by Gasteiger charge is -2.37. The number of benzene rings is 1. The van der Waals surface area contributed by atoms with Gasteiger partial charge in [0.05, 0.1) is 17.6 Å². The molecule has 0 saturated heterocycles. The zero-order valence-corrected chi connectivity index (χ0v) is 14.6. The van der Waals surface area contributed by atoms with E-state index in [4.69, 9.17) is 0 Å². The normalized spacial score (nSPS) is 16.6. The summed E-state index contributed by atoms with van der Waals surface area (Å²) in [6.07, 6.45) is -2.13. The van der Waals surface area contributed by atoms with Crippen molar-refractivity contribution in [3.8, 4) is 0 Å². The zero-order valence-electron chi connectivity index (χ0n) is 14.6. The standard InChI is InChI=1S/C18H25F3N2O2/c1-22(2)10-11-23(16(24)12-17(25)8-3-9-17)13-14-4-6-15(7-5-14)18(19,20)21/h4-7,25H,3,8-13H2,1-2H3. The number of hydrogen-bond acceptors (Lipinski definition) is 3. The molecule has 0 aromatic heterocycles. The van der Waals surface area contributed by atoms with Crippen LogP contribution in [0.2, 0.25) is 0 Å². The van der Waals surface area contributed by atoms with Crippen LogP contribution >= 0.6 is 0 Å². The fourth-order valence-electron chi connectivity index (χ4n) is 2.79. The van der Waals surface area contributed by atoms with Crippen LogP contribution in [-0.4, -0.2) is 53.6 Å². The van der Waals surface area contributed by atoms with Crippen LogP contribution in [-0.2, 0) is 17.5 Å². The molecule has 1 saturated carbocycles. The minimum Gasteiger partial charge on any atom is -0.389 e. The van der Waals surface area contributed by atoms with E-state index in [2.05, 4.69) is 0 Å². The number of likely N-dealkylation sites (N-methyl/N-ethyl adjacent to an activating group) is 1. The molecule has 1 aromatic carbocycles. The Bertz CT molecular complexity index is 581. The smallest absolute Gasteiger partial charge is 0.389 e. The molecule has 0 radical (unpaired) electrons. The van der Waals surface area contributed by atoms with Crippen molar-refractivity contribution < 1.29 is 23.1 Å². The van der Waals surface area contributed by atoms with E-state index in [0.29, 0.717) is 31.5 Å². The molecule has 0 spiro atoms. The van der Waals surface area contributed by atoms with Gasteiger partial charge in [0.25, 0.3) is 0 Å². The molecule has 0 atom stereocenters. The average molecular weight is 358 g/mol. The Kier molecular flexibility index (Phi) is 6.11. The number of hydrogen-bond donors (Lipinski definition) is 1. The highest BCUT2D eigenvalue weighted by atomic mass is 19.4. The Morgan fingerprint density at radius 1 is 1.16 bits per heavy atom. The third kappa shape index (κ3) is 5.71. The van der Waals surface area contributed by atoms with E-state index in [1.165, 1.54) is 12.1 Å². The van der Waals surface area contributed by atoms with Gasteiger partial charge in [0.15, 0.2) is 0 Å². The first-order valence-electron chi connectivity index (χ1n) is 8.40. The molecule has 0 bridgehead atoms. The van der Waals surface area contributed by atoms with Crippen molar-refractivity contribution >= 4 is 5.91 Å². The Morgan fingerprint density at radius 2 is 1.76 bits per heavy atom. The summed E-state index contributed by atoms with van der Waals surface area (Å²) >= 11 is 0. The predicted octanol–water partition coefficient (Wildman–Crippen LogP) is 2.90. The van der Waals surface area contributed by atoms with Crippen LogP contribution in [0.15, 0.2) is 24.3 Å². The average Bonchev–Trinajstić information content (AvgIpc) is 2.49. The molecule has 4 nitrogen and oxygen atoms in total. The summed E-state index contributed by atoms with van der Waals surface area (Å²) in [5.74, 6) is -0.163. The van der Waals surface area contributed by atoms with Crippen LogP contribution < -0.4 is 0 Å². The van der Waals surface area contributed by atoms with Gasteiger partial charge >= 0.3 is 6.18 Å². The van der Waals surface area contributed by atoms with E-state index < -0.39 is 17.3 Å². The molecule has 0 unspecified atom stereocenters. The molecule has 1 aromatic rings. The summed E-state index contributed by atoms with van der Waals surface area (Å²) in [6.45, 7) is 1.34. The lowest BCUT2D eigenvalue weighted by atomic mass is 9.77. The van der Waals surface area contributed by atoms with E-state index in [-0.39, 0.29) is 18.9 Å². The van der Waals surface area contributed by atoms with E-state index >= 15 is 0 Å². The van der Waals surface area contributed by atoms with E-state index in [1.54, 1.807) is 4.90 Å². The molecular formula is C18H25F3N2O2. The van der Waals surface area contributed by atoms with Gasteiger partial charge in [-0.25, -0.2) is 0 Å². The number of aliphatic hydroxyl groups is 1. The lowest BCUT2D eigenvalue weighted by molar-refractivity contribution is -0.141. The van der Waals surface area contributed by atoms with Crippen LogP contribution in [0, 0.1) is 0 Å². The molecule has 2 rings (SSSR count). The number of alkyl halides is 3. The molecule has 7 heteroatoms. The van der Waals surface area contributed by atoms with Crippen molar-refractivity contribution in [2.75, 3.05) is 27.2 Å². The van der Waals surface area contributed by atoms with E-state index in [1.807, 2.05) is 19.0 Å². The highest BCUT2D eigenvalue weighted by Gasteiger charge is 2.37. The van der Waals surface area contributed by atoms with Crippen molar-refractivity contribution in [1.82, 2.24) is 9.80 Å². The topological polar surface area (TPSA) is 43.8 Å². The van der Waals surface area contributed by atoms with Crippen molar-refractivity contribution in [2.24, 2.45) is 0 Å². The third-order valence-electron chi connectivity index (χ3n) is 4.59. The first-order valence-corrected chi connectivity index (χ1v) is 8.40. The molecule has 1 N–H and O–H groups in total. The molecule has 0 aliphatic heterocycles. The molecule has 1 aliphatic carbocycles. The summed E-state index contributed by atoms with van der Waals surface area (Å²) in [5.41, 5.74) is -0.972. The zero-order chi connectivity index (χ0) is 18.7. The molecule has 140 valence electrons. The van der Waals surface area contributed by atoms with Crippen LogP contribution in [0.4, 0.5) is 13.2 Å². The highest BCUT2D eigenvalue weighted by Crippen LogP contribution is 2.35. The van der Waals surface area contributed by atoms with Crippen molar-refractivity contribution in [1.29, 1.82) is 0 Å². The summed E-state index contributed by atoms with van der Waals surface area (Å²) in [6, 6.07) is 4.86. The lowest BCUT2D eigenvalue weighted by Crippen LogP contribution is -2.44. The monoisotopic (exact) mass is 358 g/mol. The first kappa shape index (κ1) is 19.7. The highest BCUT2D eigenvalue weighted by molar-refractivity contribution is 5.77. The minimum absolute atomic E-state index is 0.0705. The second-order valence-corrected chi connectivity index (χ2v) is 7.07. The maximum atomic E-state index is 12.7. The fourth-order valence-corrected chi connectivity index (χ4v) is 2.79. The summed E-state index contributed by atoms with van der Waals surface area (Å²) in [7, 11) is 3.78. The van der Waals surface area contributed by atoms with Gasteiger partial charge in [-0.2, -0.15) is 13.2 Å². The Hall–Kier alpha value is -1.60. The van der Waals surface area contributed by atoms with Crippen LogP contribution in [0.25, 0.3) is 0 Å². The van der Waals surface area contributed by atoms with Crippen molar-refractivity contribution in [3.05, 3.63) is 35.4 Å². The number of carbonyl (C=O) groups is 1. The summed E-state index contributed by atoms with van der Waals surface area (Å²) in [5, 5.41) is 10.2. The predicted molar refractivity (Wildman–Crippen MR) is 88.8 cm³/mol. The summed E-state index contributed by atoms with van der Waals surface area (Å²) < 4.78 is 38.0. The van der Waals surface area contributed by atoms with Crippen molar-refractivity contribution in [2.45, 2.75) is 44.0 Å². The maximum absolute atomic E-state index is 12.7. The number of halogens is 3. The van der Waals surface area contributed by atoms with E-state index in [9.17, 15) is 23.1 Å². The minimum atomic E-state index is -4.37. The fraction of sp³-hybridized carbons (Fsp3) is 0.611. The Labute approximate surface area is 146 Å². The molecular weight excluding hydrogens is 333 g/mol. The van der Waals surface area contributed by atoms with Crippen LogP contribution in [0.1, 0.15) is 36.8 Å². The largest absolute Gasteiger partial charge is 0.416 e. The second-order valence-electron chi connectivity index (χ2n) is 7.07. The van der Waals surface area contributed by atoms with Crippen molar-refractivity contribution in [3.63, 3.8) is 0 Å². The summed E-state index contributed by atoms with van der Waals surface area (Å²) in [4.78, 5) is 16.1. The maximum Gasteiger partial charge on any atom is 0.416 e. The molecule has 1 aliphatic rings. The van der Waals surface area contributed by atoms with Gasteiger partial charge in [0.1, 0.15) is 0 Å². The van der Waals surface area contributed by atoms with Gasteiger partial charge in [-0.15, -0.1) is 0 Å². The van der Waals surface area contributed by atoms with Gasteiger partial charge in [0, 0.05) is 19.6 Å². The van der Waals surface area contributed by atoms with Crippen LogP contribution in [0.3, 0.4) is 0 Å². The Balaban J connectivity index is 2.05. The molecule has 1 amide bonds. The van der Waals surface area contributed by atoms with Gasteiger partial charge < -0.3 is 14.9 Å². The van der Waals surface area contributed by atoms with Gasteiger partial charge in [-0.05, 0) is 51.1 Å². The SMILES string of the molecule is CN(C)CCN(Cc1ccc(C(F)(F)F)cc1)C(=O)CC1(O)CCC1.